The first kappa shape index (κ1) is 24.5. The number of rotatable bonds is 4. The van der Waals surface area contributed by atoms with Gasteiger partial charge in [-0.15, -0.1) is 0 Å². The van der Waals surface area contributed by atoms with Gasteiger partial charge in [0.15, 0.2) is 9.84 Å². The van der Waals surface area contributed by atoms with Crippen LogP contribution < -0.4 is 16.8 Å². The molecule has 3 saturated carbocycles. The molecule has 188 valence electrons. The summed E-state index contributed by atoms with van der Waals surface area (Å²) in [6.07, 6.45) is 4.62. The van der Waals surface area contributed by atoms with Crippen LogP contribution in [0.4, 0.5) is 4.79 Å². The Hall–Kier alpha value is -2.63. The summed E-state index contributed by atoms with van der Waals surface area (Å²) in [6, 6.07) is 0. The van der Waals surface area contributed by atoms with Crippen LogP contribution in [0.2, 0.25) is 0 Å². The molecule has 0 saturated heterocycles. The molecule has 3 aliphatic carbocycles. The minimum Gasteiger partial charge on any atom is -0.446 e. The Balaban J connectivity index is 1.77. The summed E-state index contributed by atoms with van der Waals surface area (Å²) in [5, 5.41) is 2.13. The van der Waals surface area contributed by atoms with Crippen molar-refractivity contribution in [3.8, 4) is 0 Å². The van der Waals surface area contributed by atoms with Gasteiger partial charge in [0.25, 0.3) is 0 Å². The Labute approximate surface area is 198 Å². The highest BCUT2D eigenvalue weighted by Gasteiger charge is 2.70. The quantitative estimate of drug-likeness (QED) is 0.360. The standard InChI is InChI=1S/C22H32N4O7S/c1-26-9-5-3-2-4-6-13-11-22(13,34(31,32)15-7-8-15)25-19(29)21(18(23)28)12-14(33-20(24)30)10-16(21)17(26)27/h4,6,13-16H,2-3,5,7-12H2,1H3,(H2,23,28)(H2,24,30)(H,25,29)/b6-4-. The molecule has 4 amide bonds. The predicted octanol–water partition coefficient (Wildman–Crippen LogP) is -0.0599. The second-order valence-electron chi connectivity index (χ2n) is 9.97. The molecule has 4 aliphatic rings. The third kappa shape index (κ3) is 3.95. The van der Waals surface area contributed by atoms with E-state index in [0.29, 0.717) is 25.8 Å². The van der Waals surface area contributed by atoms with Gasteiger partial charge < -0.3 is 26.4 Å². The number of hydrogen-bond donors (Lipinski definition) is 3. The Kier molecular flexibility index (Phi) is 6.16. The van der Waals surface area contributed by atoms with Crippen molar-refractivity contribution in [2.24, 2.45) is 28.7 Å². The maximum atomic E-state index is 13.8. The normalized spacial score (nSPS) is 37.6. The maximum Gasteiger partial charge on any atom is 0.404 e. The monoisotopic (exact) mass is 496 g/mol. The minimum absolute atomic E-state index is 0.117. The zero-order chi connectivity index (χ0) is 24.9. The van der Waals surface area contributed by atoms with E-state index in [1.165, 1.54) is 4.90 Å². The summed E-state index contributed by atoms with van der Waals surface area (Å²) in [6.45, 7) is 0.407. The lowest BCUT2D eigenvalue weighted by Gasteiger charge is -2.34. The molecule has 0 spiro atoms. The first-order valence-electron chi connectivity index (χ1n) is 11.7. The molecule has 5 N–H and O–H groups in total. The van der Waals surface area contributed by atoms with E-state index in [-0.39, 0.29) is 19.3 Å². The van der Waals surface area contributed by atoms with Crippen LogP contribution >= 0.6 is 0 Å². The molecule has 5 atom stereocenters. The summed E-state index contributed by atoms with van der Waals surface area (Å²) in [4.78, 5) is 51.4. The van der Waals surface area contributed by atoms with E-state index < -0.39 is 67.1 Å². The predicted molar refractivity (Wildman–Crippen MR) is 120 cm³/mol. The van der Waals surface area contributed by atoms with Crippen molar-refractivity contribution in [1.29, 1.82) is 0 Å². The van der Waals surface area contributed by atoms with Crippen LogP contribution in [0.15, 0.2) is 12.2 Å². The van der Waals surface area contributed by atoms with Crippen LogP contribution in [-0.4, -0.2) is 66.9 Å². The molecule has 0 aromatic carbocycles. The molecule has 12 heteroatoms. The molecule has 11 nitrogen and oxygen atoms in total. The largest absolute Gasteiger partial charge is 0.446 e. The van der Waals surface area contributed by atoms with Gasteiger partial charge in [-0.25, -0.2) is 13.2 Å². The number of nitrogens with one attached hydrogen (secondary N) is 1. The van der Waals surface area contributed by atoms with Crippen molar-refractivity contribution in [2.45, 2.75) is 67.6 Å². The van der Waals surface area contributed by atoms with E-state index in [4.69, 9.17) is 16.2 Å². The fourth-order valence-corrected chi connectivity index (χ4v) is 8.01. The lowest BCUT2D eigenvalue weighted by molar-refractivity contribution is -0.153. The zero-order valence-electron chi connectivity index (χ0n) is 19.2. The lowest BCUT2D eigenvalue weighted by Crippen LogP contribution is -2.59. The third-order valence-electron chi connectivity index (χ3n) is 7.69. The molecule has 4 rings (SSSR count). The van der Waals surface area contributed by atoms with Crippen molar-refractivity contribution in [3.05, 3.63) is 12.2 Å². The van der Waals surface area contributed by atoms with E-state index in [1.54, 1.807) is 7.05 Å². The highest BCUT2D eigenvalue weighted by Crippen LogP contribution is 2.55. The molecule has 34 heavy (non-hydrogen) atoms. The van der Waals surface area contributed by atoms with Crippen molar-refractivity contribution in [1.82, 2.24) is 10.2 Å². The Morgan fingerprint density at radius 3 is 2.50 bits per heavy atom. The summed E-state index contributed by atoms with van der Waals surface area (Å²) >= 11 is 0. The van der Waals surface area contributed by atoms with Crippen LogP contribution in [0.3, 0.4) is 0 Å². The van der Waals surface area contributed by atoms with Crippen LogP contribution in [0.1, 0.15) is 51.4 Å². The number of primary amides is 2. The first-order chi connectivity index (χ1) is 16.0. The molecule has 0 aromatic heterocycles. The van der Waals surface area contributed by atoms with Crippen LogP contribution in [-0.2, 0) is 29.0 Å². The van der Waals surface area contributed by atoms with Crippen LogP contribution in [0.25, 0.3) is 0 Å². The molecule has 0 bridgehead atoms. The number of carbonyl (C=O) groups is 4. The van der Waals surface area contributed by atoms with Gasteiger partial charge in [0.1, 0.15) is 16.4 Å². The molecule has 1 aliphatic heterocycles. The number of sulfone groups is 1. The number of carbonyl (C=O) groups excluding carboxylic acids is 4. The first-order valence-corrected chi connectivity index (χ1v) is 13.2. The second-order valence-corrected chi connectivity index (χ2v) is 12.5. The fourth-order valence-electron chi connectivity index (χ4n) is 5.51. The molecular weight excluding hydrogens is 464 g/mol. The second kappa shape index (κ2) is 8.54. The Morgan fingerprint density at radius 1 is 1.18 bits per heavy atom. The Bertz CT molecular complexity index is 1040. The van der Waals surface area contributed by atoms with E-state index in [0.717, 1.165) is 12.8 Å². The third-order valence-corrected chi connectivity index (χ3v) is 10.6. The summed E-state index contributed by atoms with van der Waals surface area (Å²) in [5.41, 5.74) is 8.83. The van der Waals surface area contributed by atoms with E-state index >= 15 is 0 Å². The lowest BCUT2D eigenvalue weighted by atomic mass is 9.75. The van der Waals surface area contributed by atoms with Crippen molar-refractivity contribution in [2.75, 3.05) is 13.6 Å². The summed E-state index contributed by atoms with van der Waals surface area (Å²) < 4.78 is 31.8. The number of hydrogen-bond acceptors (Lipinski definition) is 7. The highest BCUT2D eigenvalue weighted by atomic mass is 32.2. The topological polar surface area (TPSA) is 179 Å². The van der Waals surface area contributed by atoms with Gasteiger partial charge in [-0.2, -0.15) is 0 Å². The molecule has 0 aromatic rings. The molecule has 1 heterocycles. The van der Waals surface area contributed by atoms with Gasteiger partial charge in [-0.05, 0) is 44.9 Å². The van der Waals surface area contributed by atoms with Gasteiger partial charge in [0, 0.05) is 25.9 Å². The van der Waals surface area contributed by atoms with Crippen LogP contribution in [0, 0.1) is 17.3 Å². The van der Waals surface area contributed by atoms with Crippen molar-refractivity contribution >= 4 is 33.7 Å². The Morgan fingerprint density at radius 2 is 1.88 bits per heavy atom. The number of allylic oxidation sites excluding steroid dienone is 1. The van der Waals surface area contributed by atoms with Gasteiger partial charge in [0.05, 0.1) is 11.2 Å². The summed E-state index contributed by atoms with van der Waals surface area (Å²) in [7, 11) is -2.15. The number of fused-ring (bicyclic) bond motifs is 2. The van der Waals surface area contributed by atoms with E-state index in [2.05, 4.69) is 5.32 Å². The highest BCUT2D eigenvalue weighted by molar-refractivity contribution is 7.94. The number of nitrogens with two attached hydrogens (primary N) is 2. The van der Waals surface area contributed by atoms with E-state index in [1.807, 2.05) is 12.2 Å². The zero-order valence-corrected chi connectivity index (χ0v) is 20.0. The number of nitrogens with zero attached hydrogens (tertiary/aromatic N) is 1. The average Bonchev–Trinajstić information content (AvgIpc) is 3.67. The van der Waals surface area contributed by atoms with Crippen molar-refractivity contribution < 1.29 is 32.3 Å². The number of amides is 4. The minimum atomic E-state index is -3.73. The summed E-state index contributed by atoms with van der Waals surface area (Å²) in [5.74, 6) is -4.10. The molecule has 0 radical (unpaired) electrons. The van der Waals surface area contributed by atoms with Gasteiger partial charge in [0.2, 0.25) is 17.7 Å². The van der Waals surface area contributed by atoms with Gasteiger partial charge >= 0.3 is 6.09 Å². The van der Waals surface area contributed by atoms with Gasteiger partial charge in [-0.3, -0.25) is 14.4 Å². The fraction of sp³-hybridized carbons (Fsp3) is 0.727. The maximum absolute atomic E-state index is 13.8. The number of ether oxygens (including phenoxy) is 1. The molecule has 3 fully saturated rings. The van der Waals surface area contributed by atoms with Crippen molar-refractivity contribution in [3.63, 3.8) is 0 Å². The van der Waals surface area contributed by atoms with Crippen LogP contribution in [0.5, 0.6) is 0 Å². The molecular formula is C22H32N4O7S. The molecule has 5 unspecified atom stereocenters. The average molecular weight is 497 g/mol. The SMILES string of the molecule is CN1CCCC/C=C\C2CC2(S(=O)(=O)C2CC2)NC(=O)C2(C(N)=O)CC(OC(N)=O)CC2C1=O. The van der Waals surface area contributed by atoms with Gasteiger partial charge in [-0.1, -0.05) is 12.2 Å². The van der Waals surface area contributed by atoms with E-state index in [9.17, 15) is 27.6 Å². The smallest absolute Gasteiger partial charge is 0.404 e.